The zero-order chi connectivity index (χ0) is 6.78. The molecular formula is C6H13NO. The van der Waals surface area contributed by atoms with Crippen LogP contribution < -0.4 is 0 Å². The predicted octanol–water partition coefficient (Wildman–Crippen LogP) is 2.19. The Morgan fingerprint density at radius 1 is 1.38 bits per heavy atom. The van der Waals surface area contributed by atoms with Crippen LogP contribution in [0.25, 0.3) is 0 Å². The molecule has 0 aliphatic heterocycles. The first-order valence-electron chi connectivity index (χ1n) is 2.85. The van der Waals surface area contributed by atoms with Crippen molar-refractivity contribution in [2.45, 2.75) is 33.2 Å². The number of rotatable bonds is 2. The molecule has 0 saturated heterocycles. The molecule has 0 bridgehead atoms. The summed E-state index contributed by atoms with van der Waals surface area (Å²) in [6.07, 6.45) is 0. The van der Waals surface area contributed by atoms with Gasteiger partial charge in [-0.05, 0) is 19.8 Å². The molecule has 0 saturated carbocycles. The summed E-state index contributed by atoms with van der Waals surface area (Å²) in [5.74, 6) is 0.333. The maximum atomic E-state index is 10.0. The topological polar surface area (TPSA) is 29.4 Å². The molecule has 0 fully saturated rings. The lowest BCUT2D eigenvalue weighted by Gasteiger charge is -2.18. The van der Waals surface area contributed by atoms with Crippen LogP contribution in [0.2, 0.25) is 0 Å². The first-order valence-corrected chi connectivity index (χ1v) is 2.85. The van der Waals surface area contributed by atoms with Gasteiger partial charge in [-0.15, -0.1) is 0 Å². The summed E-state index contributed by atoms with van der Waals surface area (Å²) >= 11 is 0. The van der Waals surface area contributed by atoms with Crippen molar-refractivity contribution in [2.75, 3.05) is 0 Å². The van der Waals surface area contributed by atoms with E-state index >= 15 is 0 Å². The summed E-state index contributed by atoms with van der Waals surface area (Å²) in [6, 6.07) is 0. The minimum atomic E-state index is -0.389. The third kappa shape index (κ3) is 1.60. The molecule has 2 heteroatoms. The number of hydrogen-bond donors (Lipinski definition) is 0. The Kier molecular flexibility index (Phi) is 2.13. The van der Waals surface area contributed by atoms with Crippen LogP contribution in [0.3, 0.4) is 0 Å². The van der Waals surface area contributed by atoms with E-state index in [0.29, 0.717) is 5.92 Å². The van der Waals surface area contributed by atoms with Crippen LogP contribution >= 0.6 is 0 Å². The average Bonchev–Trinajstić information content (AvgIpc) is 1.67. The first-order chi connectivity index (χ1) is 3.50. The van der Waals surface area contributed by atoms with E-state index in [1.807, 2.05) is 27.7 Å². The molecular weight excluding hydrogens is 102 g/mol. The maximum Gasteiger partial charge on any atom is 0.0993 e. The van der Waals surface area contributed by atoms with Crippen molar-refractivity contribution in [2.24, 2.45) is 11.1 Å². The van der Waals surface area contributed by atoms with E-state index in [1.54, 1.807) is 0 Å². The van der Waals surface area contributed by atoms with E-state index in [4.69, 9.17) is 0 Å². The molecule has 0 unspecified atom stereocenters. The van der Waals surface area contributed by atoms with Gasteiger partial charge in [0.05, 0.1) is 5.54 Å². The van der Waals surface area contributed by atoms with Gasteiger partial charge < -0.3 is 0 Å². The van der Waals surface area contributed by atoms with E-state index in [0.717, 1.165) is 0 Å². The molecule has 0 atom stereocenters. The van der Waals surface area contributed by atoms with Gasteiger partial charge in [-0.1, -0.05) is 19.0 Å². The van der Waals surface area contributed by atoms with Gasteiger partial charge in [-0.25, -0.2) is 0 Å². The van der Waals surface area contributed by atoms with Crippen LogP contribution in [0, 0.1) is 10.8 Å². The van der Waals surface area contributed by atoms with Crippen molar-refractivity contribution < 1.29 is 0 Å². The van der Waals surface area contributed by atoms with Gasteiger partial charge >= 0.3 is 0 Å². The molecule has 0 aliphatic rings. The molecule has 0 aliphatic carbocycles. The van der Waals surface area contributed by atoms with Crippen LogP contribution in [0.5, 0.6) is 0 Å². The van der Waals surface area contributed by atoms with Gasteiger partial charge in [-0.2, -0.15) is 4.91 Å². The standard InChI is InChI=1S/C6H13NO/c1-5(2)6(3,4)7-8/h5H,1-4H3. The molecule has 0 amide bonds. The van der Waals surface area contributed by atoms with Crippen LogP contribution in [0.15, 0.2) is 5.18 Å². The van der Waals surface area contributed by atoms with E-state index in [1.165, 1.54) is 0 Å². The van der Waals surface area contributed by atoms with Gasteiger partial charge in [0.15, 0.2) is 0 Å². The molecule has 0 aromatic heterocycles. The smallest absolute Gasteiger partial charge is 0.0993 e. The minimum absolute atomic E-state index is 0.333. The highest BCUT2D eigenvalue weighted by molar-refractivity contribution is 4.79. The molecule has 0 spiro atoms. The fraction of sp³-hybridized carbons (Fsp3) is 1.00. The quantitative estimate of drug-likeness (QED) is 0.507. The van der Waals surface area contributed by atoms with Crippen molar-refractivity contribution in [3.05, 3.63) is 4.91 Å². The van der Waals surface area contributed by atoms with Crippen molar-refractivity contribution in [3.8, 4) is 0 Å². The predicted molar refractivity (Wildman–Crippen MR) is 34.7 cm³/mol. The van der Waals surface area contributed by atoms with E-state index in [-0.39, 0.29) is 5.54 Å². The summed E-state index contributed by atoms with van der Waals surface area (Å²) in [4.78, 5) is 10.0. The van der Waals surface area contributed by atoms with Crippen LogP contribution in [-0.2, 0) is 0 Å². The lowest BCUT2D eigenvalue weighted by molar-refractivity contribution is 0.373. The molecule has 8 heavy (non-hydrogen) atoms. The largest absolute Gasteiger partial charge is 0.150 e. The fourth-order valence-corrected chi connectivity index (χ4v) is 0.105. The molecule has 0 heterocycles. The Bertz CT molecular complexity index is 86.5. The van der Waals surface area contributed by atoms with Crippen molar-refractivity contribution in [3.63, 3.8) is 0 Å². The normalized spacial score (nSPS) is 12.1. The lowest BCUT2D eigenvalue weighted by Crippen LogP contribution is -2.23. The lowest BCUT2D eigenvalue weighted by atomic mass is 9.92. The summed E-state index contributed by atoms with van der Waals surface area (Å²) < 4.78 is 0. The van der Waals surface area contributed by atoms with Gasteiger partial charge in [-0.3, -0.25) is 0 Å². The Labute approximate surface area is 50.3 Å². The summed E-state index contributed by atoms with van der Waals surface area (Å²) in [5.41, 5.74) is -0.389. The van der Waals surface area contributed by atoms with Gasteiger partial charge in [0.2, 0.25) is 0 Å². The van der Waals surface area contributed by atoms with E-state index in [9.17, 15) is 4.91 Å². The Morgan fingerprint density at radius 2 is 1.75 bits per heavy atom. The molecule has 0 aromatic rings. The number of nitroso groups, excluding NO2 is 1. The third-order valence-electron chi connectivity index (χ3n) is 1.65. The Balaban J connectivity index is 3.90. The first kappa shape index (κ1) is 7.60. The zero-order valence-electron chi connectivity index (χ0n) is 5.93. The Hall–Kier alpha value is -0.400. The summed E-state index contributed by atoms with van der Waals surface area (Å²) in [6.45, 7) is 7.65. The minimum Gasteiger partial charge on any atom is -0.150 e. The maximum absolute atomic E-state index is 10.0. The highest BCUT2D eigenvalue weighted by atomic mass is 16.3. The molecule has 0 rings (SSSR count). The average molecular weight is 115 g/mol. The van der Waals surface area contributed by atoms with Crippen LogP contribution in [0.4, 0.5) is 0 Å². The molecule has 0 N–H and O–H groups in total. The van der Waals surface area contributed by atoms with Crippen molar-refractivity contribution in [1.29, 1.82) is 0 Å². The zero-order valence-corrected chi connectivity index (χ0v) is 5.93. The molecule has 48 valence electrons. The van der Waals surface area contributed by atoms with Gasteiger partial charge in [0.25, 0.3) is 0 Å². The molecule has 0 radical (unpaired) electrons. The van der Waals surface area contributed by atoms with E-state index < -0.39 is 0 Å². The SMILES string of the molecule is CC(C)C(C)(C)N=O. The van der Waals surface area contributed by atoms with Gasteiger partial charge in [0, 0.05) is 0 Å². The molecule has 2 nitrogen and oxygen atoms in total. The van der Waals surface area contributed by atoms with Crippen LogP contribution in [0.1, 0.15) is 27.7 Å². The van der Waals surface area contributed by atoms with E-state index in [2.05, 4.69) is 5.18 Å². The van der Waals surface area contributed by atoms with Gasteiger partial charge in [0.1, 0.15) is 0 Å². The van der Waals surface area contributed by atoms with Crippen LogP contribution in [-0.4, -0.2) is 5.54 Å². The molecule has 0 aromatic carbocycles. The Morgan fingerprint density at radius 3 is 1.75 bits per heavy atom. The second-order valence-electron chi connectivity index (χ2n) is 2.90. The summed E-state index contributed by atoms with van der Waals surface area (Å²) in [7, 11) is 0. The highest BCUT2D eigenvalue weighted by Gasteiger charge is 2.22. The van der Waals surface area contributed by atoms with Crippen molar-refractivity contribution >= 4 is 0 Å². The summed E-state index contributed by atoms with van der Waals surface area (Å²) in [5, 5.41) is 2.97. The second kappa shape index (κ2) is 2.25. The third-order valence-corrected chi connectivity index (χ3v) is 1.65. The van der Waals surface area contributed by atoms with Crippen molar-refractivity contribution in [1.82, 2.24) is 0 Å². The monoisotopic (exact) mass is 115 g/mol. The highest BCUT2D eigenvalue weighted by Crippen LogP contribution is 2.18. The second-order valence-corrected chi connectivity index (χ2v) is 2.90. The fourth-order valence-electron chi connectivity index (χ4n) is 0.105. The number of hydrogen-bond acceptors (Lipinski definition) is 2. The number of nitrogens with zero attached hydrogens (tertiary/aromatic N) is 1.